The number of rotatable bonds is 7. The molecule has 0 spiro atoms. The molecule has 5 rings (SSSR count). The first-order chi connectivity index (χ1) is 18.5. The lowest BCUT2D eigenvalue weighted by Crippen LogP contribution is -2.52. The van der Waals surface area contributed by atoms with Gasteiger partial charge in [0.1, 0.15) is 19.7 Å². The summed E-state index contributed by atoms with van der Waals surface area (Å²) in [6.45, 7) is 7.76. The molecule has 3 fully saturated rings. The van der Waals surface area contributed by atoms with E-state index >= 15 is 0 Å². The van der Waals surface area contributed by atoms with Crippen LogP contribution in [0, 0.1) is 11.3 Å². The molecule has 2 saturated heterocycles. The number of likely N-dealkylation sites (tertiary alicyclic amines) is 1. The molecule has 0 bridgehead atoms. The summed E-state index contributed by atoms with van der Waals surface area (Å²) in [6, 6.07) is 10.9. The van der Waals surface area contributed by atoms with Crippen molar-refractivity contribution in [1.29, 1.82) is 5.26 Å². The van der Waals surface area contributed by atoms with Crippen molar-refractivity contribution in [3.05, 3.63) is 47.4 Å². The maximum Gasteiger partial charge on any atom is 0.269 e. The summed E-state index contributed by atoms with van der Waals surface area (Å²) in [5.74, 6) is 0.571. The molecule has 10 heteroatoms. The molecule has 2 aromatic rings. The Bertz CT molecular complexity index is 1150. The van der Waals surface area contributed by atoms with E-state index in [1.165, 1.54) is 39.0 Å². The van der Waals surface area contributed by atoms with Gasteiger partial charge in [0.25, 0.3) is 5.91 Å². The van der Waals surface area contributed by atoms with Crippen molar-refractivity contribution in [2.75, 3.05) is 51.3 Å². The molecule has 0 unspecified atom stereocenters. The lowest BCUT2D eigenvalue weighted by atomic mass is 9.98. The number of amides is 1. The maximum atomic E-state index is 13.5. The van der Waals surface area contributed by atoms with E-state index in [0.717, 1.165) is 56.3 Å². The molecule has 1 N–H and O–H groups in total. The Kier molecular flexibility index (Phi) is 8.57. The van der Waals surface area contributed by atoms with Crippen molar-refractivity contribution in [2.24, 2.45) is 0 Å². The summed E-state index contributed by atoms with van der Waals surface area (Å²) in [6.07, 6.45) is 8.28. The van der Waals surface area contributed by atoms with Crippen molar-refractivity contribution in [3.8, 4) is 6.07 Å². The average molecular weight is 514 g/mol. The predicted octanol–water partition coefficient (Wildman–Crippen LogP) is 0.912. The summed E-state index contributed by atoms with van der Waals surface area (Å²) in [5, 5.41) is 11.2. The minimum Gasteiger partial charge on any atom is -0.304 e. The fourth-order valence-electron chi connectivity index (χ4n) is 6.08. The largest absolute Gasteiger partial charge is 0.304 e. The number of piperazine rings is 1. The molecular weight excluding hydrogens is 475 g/mol. The third-order valence-corrected chi connectivity index (χ3v) is 8.39. The molecule has 1 amide bonds. The number of hydrazine groups is 1. The Balaban J connectivity index is 1.22. The van der Waals surface area contributed by atoms with Crippen LogP contribution in [0.25, 0.3) is 0 Å². The van der Waals surface area contributed by atoms with Gasteiger partial charge in [-0.3, -0.25) is 25.0 Å². The first kappa shape index (κ1) is 26.6. The van der Waals surface area contributed by atoms with Gasteiger partial charge in [0, 0.05) is 50.5 Å². The molecular formula is C28H39BN8O. The van der Waals surface area contributed by atoms with Gasteiger partial charge in [0.15, 0.2) is 0 Å². The fraction of sp³-hybridized carbons (Fsp3) is 0.571. The number of benzene rings is 1. The van der Waals surface area contributed by atoms with E-state index in [-0.39, 0.29) is 17.8 Å². The van der Waals surface area contributed by atoms with E-state index in [2.05, 4.69) is 43.2 Å². The van der Waals surface area contributed by atoms with Crippen LogP contribution in [0.3, 0.4) is 0 Å². The molecule has 3 heterocycles. The molecule has 200 valence electrons. The Hall–Kier alpha value is -3.00. The summed E-state index contributed by atoms with van der Waals surface area (Å²) < 4.78 is 0. The van der Waals surface area contributed by atoms with Crippen LogP contribution >= 0.6 is 0 Å². The number of nitrogens with one attached hydrogen (secondary N) is 1. The summed E-state index contributed by atoms with van der Waals surface area (Å²) in [4.78, 5) is 29.6. The quantitative estimate of drug-likeness (QED) is 0.431. The second kappa shape index (κ2) is 12.2. The monoisotopic (exact) mass is 514 g/mol. The predicted molar refractivity (Wildman–Crippen MR) is 151 cm³/mol. The minimum atomic E-state index is -0.149. The molecule has 3 aliphatic rings. The standard InChI is InChI=1S/C28H39BN8O/c1-34-13-15-36(16-14-34)23-9-11-35(12-10-23)20-21-5-4-6-22(17-21)28(38)33-37(24-7-2-3-8-24)27-25(29)19-31-26(18-30)32-27/h4-6,17,19,23-24H,2-3,7-16,20,29H2,1H3,(H,33,38). The number of piperidine rings is 1. The van der Waals surface area contributed by atoms with Crippen LogP contribution in [-0.2, 0) is 6.54 Å². The summed E-state index contributed by atoms with van der Waals surface area (Å²) in [7, 11) is 4.13. The van der Waals surface area contributed by atoms with E-state index < -0.39 is 0 Å². The normalized spacial score (nSPS) is 20.3. The van der Waals surface area contributed by atoms with Crippen LogP contribution in [0.15, 0.2) is 30.5 Å². The molecule has 1 saturated carbocycles. The zero-order chi connectivity index (χ0) is 26.5. The van der Waals surface area contributed by atoms with Crippen LogP contribution in [-0.4, -0.2) is 96.8 Å². The SMILES string of the molecule is Bc1cnc(C#N)nc1N(NC(=O)c1cccc(CN2CCC(N3CCN(C)CC3)CC2)c1)C1CCCC1. The number of hydrogen-bond donors (Lipinski definition) is 1. The fourth-order valence-corrected chi connectivity index (χ4v) is 6.08. The van der Waals surface area contributed by atoms with Gasteiger partial charge < -0.3 is 4.90 Å². The number of carbonyl (C=O) groups excluding carboxylic acids is 1. The van der Waals surface area contributed by atoms with E-state index in [1.807, 2.05) is 37.1 Å². The Morgan fingerprint density at radius 3 is 2.58 bits per heavy atom. The van der Waals surface area contributed by atoms with E-state index in [9.17, 15) is 10.1 Å². The highest BCUT2D eigenvalue weighted by molar-refractivity contribution is 6.35. The first-order valence-electron chi connectivity index (χ1n) is 14.1. The van der Waals surface area contributed by atoms with Gasteiger partial charge in [-0.15, -0.1) is 0 Å². The van der Waals surface area contributed by atoms with E-state index in [0.29, 0.717) is 17.4 Å². The highest BCUT2D eigenvalue weighted by Gasteiger charge is 2.29. The van der Waals surface area contributed by atoms with Crippen LogP contribution in [0.5, 0.6) is 0 Å². The number of carbonyl (C=O) groups is 1. The highest BCUT2D eigenvalue weighted by Crippen LogP contribution is 2.25. The third kappa shape index (κ3) is 6.34. The molecule has 2 aliphatic heterocycles. The maximum absolute atomic E-state index is 13.5. The molecule has 0 atom stereocenters. The lowest BCUT2D eigenvalue weighted by Gasteiger charge is -2.42. The van der Waals surface area contributed by atoms with Gasteiger partial charge in [0.2, 0.25) is 5.82 Å². The summed E-state index contributed by atoms with van der Waals surface area (Å²) in [5.41, 5.74) is 5.77. The van der Waals surface area contributed by atoms with Crippen LogP contribution in [0.1, 0.15) is 60.3 Å². The average Bonchev–Trinajstić information content (AvgIpc) is 3.48. The number of nitriles is 1. The zero-order valence-electron chi connectivity index (χ0n) is 22.8. The molecule has 1 aromatic carbocycles. The topological polar surface area (TPSA) is 91.6 Å². The van der Waals surface area contributed by atoms with Gasteiger partial charge in [-0.25, -0.2) is 9.97 Å². The van der Waals surface area contributed by atoms with E-state index in [1.54, 1.807) is 6.20 Å². The van der Waals surface area contributed by atoms with Gasteiger partial charge in [0.05, 0.1) is 6.04 Å². The zero-order valence-corrected chi connectivity index (χ0v) is 22.8. The third-order valence-electron chi connectivity index (χ3n) is 8.39. The number of hydrogen-bond acceptors (Lipinski definition) is 8. The van der Waals surface area contributed by atoms with Crippen molar-refractivity contribution in [2.45, 2.75) is 57.2 Å². The summed E-state index contributed by atoms with van der Waals surface area (Å²) >= 11 is 0. The smallest absolute Gasteiger partial charge is 0.269 e. The minimum absolute atomic E-state index is 0.112. The first-order valence-corrected chi connectivity index (χ1v) is 14.1. The number of nitrogens with zero attached hydrogens (tertiary/aromatic N) is 7. The second-order valence-electron chi connectivity index (χ2n) is 11.1. The molecule has 9 nitrogen and oxygen atoms in total. The molecule has 38 heavy (non-hydrogen) atoms. The Labute approximate surface area is 227 Å². The van der Waals surface area contributed by atoms with Gasteiger partial charge >= 0.3 is 0 Å². The second-order valence-corrected chi connectivity index (χ2v) is 11.1. The molecule has 0 radical (unpaired) electrons. The molecule has 1 aliphatic carbocycles. The van der Waals surface area contributed by atoms with Crippen molar-refractivity contribution >= 4 is 25.0 Å². The number of aromatic nitrogens is 2. The van der Waals surface area contributed by atoms with Crippen LogP contribution in [0.2, 0.25) is 0 Å². The van der Waals surface area contributed by atoms with Crippen LogP contribution in [0.4, 0.5) is 5.82 Å². The van der Waals surface area contributed by atoms with Gasteiger partial charge in [-0.2, -0.15) is 5.26 Å². The van der Waals surface area contributed by atoms with E-state index in [4.69, 9.17) is 0 Å². The van der Waals surface area contributed by atoms with Gasteiger partial charge in [-0.1, -0.05) is 25.0 Å². The number of likely N-dealkylation sites (N-methyl/N-ethyl adjacent to an activating group) is 1. The van der Waals surface area contributed by atoms with Crippen LogP contribution < -0.4 is 15.9 Å². The van der Waals surface area contributed by atoms with Crippen molar-refractivity contribution in [1.82, 2.24) is 30.1 Å². The van der Waals surface area contributed by atoms with Crippen molar-refractivity contribution in [3.63, 3.8) is 0 Å². The highest BCUT2D eigenvalue weighted by atomic mass is 16.2. The van der Waals surface area contributed by atoms with Crippen molar-refractivity contribution < 1.29 is 4.79 Å². The number of anilines is 1. The molecule has 1 aromatic heterocycles. The lowest BCUT2D eigenvalue weighted by molar-refractivity contribution is 0.0658. The Morgan fingerprint density at radius 2 is 1.87 bits per heavy atom. The Morgan fingerprint density at radius 1 is 1.13 bits per heavy atom. The van der Waals surface area contributed by atoms with Gasteiger partial charge in [-0.05, 0) is 69.0 Å².